The van der Waals surface area contributed by atoms with Crippen molar-refractivity contribution in [3.05, 3.63) is 65.7 Å². The fraction of sp³-hybridized carbons (Fsp3) is 0.400. The van der Waals surface area contributed by atoms with Crippen LogP contribution in [0, 0.1) is 6.92 Å². The van der Waals surface area contributed by atoms with E-state index in [0.717, 1.165) is 32.0 Å². The van der Waals surface area contributed by atoms with E-state index < -0.39 is 0 Å². The van der Waals surface area contributed by atoms with Gasteiger partial charge in [0.05, 0.1) is 0 Å². The van der Waals surface area contributed by atoms with Gasteiger partial charge in [-0.15, -0.1) is 0 Å². The Morgan fingerprint density at radius 1 is 0.909 bits per heavy atom. The summed E-state index contributed by atoms with van der Waals surface area (Å²) in [5.74, 6) is 0.952. The molecule has 2 rings (SSSR count). The fourth-order valence-electron chi connectivity index (χ4n) is 2.41. The Kier molecular flexibility index (Phi) is 6.98. The summed E-state index contributed by atoms with van der Waals surface area (Å²) in [4.78, 5) is 2.48. The quantitative estimate of drug-likeness (QED) is 0.666. The van der Waals surface area contributed by atoms with E-state index in [2.05, 4.69) is 43.0 Å². The Hall–Kier alpha value is -1.80. The molecule has 0 amide bonds. The number of nitrogens with zero attached hydrogens (tertiary/aromatic N) is 1. The van der Waals surface area contributed by atoms with Crippen LogP contribution in [0.2, 0.25) is 0 Å². The van der Waals surface area contributed by atoms with Gasteiger partial charge in [-0.25, -0.2) is 0 Å². The van der Waals surface area contributed by atoms with Crippen LogP contribution < -0.4 is 4.74 Å². The van der Waals surface area contributed by atoms with E-state index in [1.54, 1.807) is 0 Å². The largest absolute Gasteiger partial charge is 0.492 e. The van der Waals surface area contributed by atoms with Crippen molar-refractivity contribution in [3.8, 4) is 5.75 Å². The molecule has 2 heteroatoms. The van der Waals surface area contributed by atoms with Crippen LogP contribution in [0.25, 0.3) is 0 Å². The van der Waals surface area contributed by atoms with Gasteiger partial charge < -0.3 is 4.74 Å². The Balaban J connectivity index is 1.84. The average molecular weight is 297 g/mol. The molecule has 0 radical (unpaired) electrons. The van der Waals surface area contributed by atoms with Gasteiger partial charge in [-0.3, -0.25) is 4.90 Å². The molecule has 0 aliphatic carbocycles. The van der Waals surface area contributed by atoms with Crippen molar-refractivity contribution in [2.24, 2.45) is 0 Å². The summed E-state index contributed by atoms with van der Waals surface area (Å²) in [6, 6.07) is 18.9. The summed E-state index contributed by atoms with van der Waals surface area (Å²) in [5.41, 5.74) is 2.69. The Morgan fingerprint density at radius 2 is 1.64 bits per heavy atom. The maximum atomic E-state index is 5.83. The Morgan fingerprint density at radius 3 is 2.32 bits per heavy atom. The zero-order valence-corrected chi connectivity index (χ0v) is 13.8. The second kappa shape index (κ2) is 9.26. The molecule has 0 aliphatic rings. The van der Waals surface area contributed by atoms with E-state index in [1.807, 2.05) is 30.3 Å². The normalized spacial score (nSPS) is 10.9. The number of hydrogen-bond acceptors (Lipinski definition) is 2. The van der Waals surface area contributed by atoms with Crippen molar-refractivity contribution in [1.82, 2.24) is 4.90 Å². The summed E-state index contributed by atoms with van der Waals surface area (Å²) in [7, 11) is 0. The van der Waals surface area contributed by atoms with Crippen molar-refractivity contribution >= 4 is 0 Å². The number of para-hydroxylation sites is 1. The van der Waals surface area contributed by atoms with Crippen molar-refractivity contribution in [3.63, 3.8) is 0 Å². The number of unbranched alkanes of at least 4 members (excludes halogenated alkanes) is 1. The van der Waals surface area contributed by atoms with Gasteiger partial charge in [-0.2, -0.15) is 0 Å². The molecule has 22 heavy (non-hydrogen) atoms. The lowest BCUT2D eigenvalue weighted by atomic mass is 10.1. The lowest BCUT2D eigenvalue weighted by Crippen LogP contribution is -2.29. The number of hydrogen-bond donors (Lipinski definition) is 0. The third-order valence-electron chi connectivity index (χ3n) is 3.77. The molecular weight excluding hydrogens is 270 g/mol. The van der Waals surface area contributed by atoms with Gasteiger partial charge >= 0.3 is 0 Å². The minimum Gasteiger partial charge on any atom is -0.492 e. The van der Waals surface area contributed by atoms with Crippen LogP contribution in [-0.2, 0) is 6.54 Å². The van der Waals surface area contributed by atoms with E-state index >= 15 is 0 Å². The lowest BCUT2D eigenvalue weighted by Gasteiger charge is -2.22. The van der Waals surface area contributed by atoms with Crippen LogP contribution in [0.4, 0.5) is 0 Å². The van der Waals surface area contributed by atoms with E-state index in [-0.39, 0.29) is 0 Å². The highest BCUT2D eigenvalue weighted by Crippen LogP contribution is 2.10. The molecule has 0 aromatic heterocycles. The molecule has 0 bridgehead atoms. The molecule has 0 atom stereocenters. The van der Waals surface area contributed by atoms with Gasteiger partial charge in [-0.05, 0) is 37.6 Å². The molecule has 0 unspecified atom stereocenters. The highest BCUT2D eigenvalue weighted by atomic mass is 16.5. The number of aryl methyl sites for hydroxylation is 1. The van der Waals surface area contributed by atoms with Crippen LogP contribution in [0.15, 0.2) is 54.6 Å². The van der Waals surface area contributed by atoms with Gasteiger partial charge in [0.1, 0.15) is 12.4 Å². The summed E-state index contributed by atoms with van der Waals surface area (Å²) in [6.45, 7) is 8.19. The van der Waals surface area contributed by atoms with E-state index in [1.165, 1.54) is 24.0 Å². The maximum absolute atomic E-state index is 5.83. The minimum atomic E-state index is 0.736. The molecule has 0 fully saturated rings. The van der Waals surface area contributed by atoms with E-state index in [9.17, 15) is 0 Å². The van der Waals surface area contributed by atoms with E-state index in [4.69, 9.17) is 4.74 Å². The third-order valence-corrected chi connectivity index (χ3v) is 3.77. The van der Waals surface area contributed by atoms with Crippen molar-refractivity contribution in [2.75, 3.05) is 19.7 Å². The lowest BCUT2D eigenvalue weighted by molar-refractivity contribution is 0.200. The number of rotatable bonds is 9. The van der Waals surface area contributed by atoms with Gasteiger partial charge in [-0.1, -0.05) is 61.4 Å². The third kappa shape index (κ3) is 5.90. The van der Waals surface area contributed by atoms with Crippen molar-refractivity contribution < 1.29 is 4.74 Å². The minimum absolute atomic E-state index is 0.736. The first kappa shape index (κ1) is 16.6. The first-order valence-electron chi connectivity index (χ1n) is 8.23. The monoisotopic (exact) mass is 297 g/mol. The molecule has 118 valence electrons. The summed E-state index contributed by atoms with van der Waals surface area (Å²) >= 11 is 0. The van der Waals surface area contributed by atoms with Crippen LogP contribution in [0.1, 0.15) is 30.9 Å². The molecule has 2 aromatic carbocycles. The van der Waals surface area contributed by atoms with Crippen LogP contribution in [0.5, 0.6) is 5.75 Å². The zero-order valence-electron chi connectivity index (χ0n) is 13.8. The molecule has 0 N–H and O–H groups in total. The van der Waals surface area contributed by atoms with Crippen molar-refractivity contribution in [2.45, 2.75) is 33.2 Å². The molecule has 2 nitrogen and oxygen atoms in total. The number of benzene rings is 2. The standard InChI is InChI=1S/C20H27NO/c1-3-4-14-21(17-19-12-10-18(2)11-13-19)15-16-22-20-8-6-5-7-9-20/h5-13H,3-4,14-17H2,1-2H3. The SMILES string of the molecule is CCCCN(CCOc1ccccc1)Cc1ccc(C)cc1. The predicted octanol–water partition coefficient (Wildman–Crippen LogP) is 4.68. The molecule has 0 aliphatic heterocycles. The highest BCUT2D eigenvalue weighted by Gasteiger charge is 2.06. The molecule has 0 spiro atoms. The van der Waals surface area contributed by atoms with E-state index in [0.29, 0.717) is 0 Å². The topological polar surface area (TPSA) is 12.5 Å². The average Bonchev–Trinajstić information content (AvgIpc) is 2.55. The van der Waals surface area contributed by atoms with Crippen LogP contribution >= 0.6 is 0 Å². The van der Waals surface area contributed by atoms with Gasteiger partial charge in [0.2, 0.25) is 0 Å². The summed E-state index contributed by atoms with van der Waals surface area (Å²) in [5, 5.41) is 0. The first-order chi connectivity index (χ1) is 10.8. The first-order valence-corrected chi connectivity index (χ1v) is 8.23. The maximum Gasteiger partial charge on any atom is 0.119 e. The fourth-order valence-corrected chi connectivity index (χ4v) is 2.41. The summed E-state index contributed by atoms with van der Waals surface area (Å²) in [6.07, 6.45) is 2.46. The molecule has 0 heterocycles. The summed E-state index contributed by atoms with van der Waals surface area (Å²) < 4.78 is 5.83. The molecular formula is C20H27NO. The molecule has 2 aromatic rings. The van der Waals surface area contributed by atoms with Crippen LogP contribution in [0.3, 0.4) is 0 Å². The second-order valence-electron chi connectivity index (χ2n) is 5.78. The Labute approximate surface area is 134 Å². The van der Waals surface area contributed by atoms with Crippen molar-refractivity contribution in [1.29, 1.82) is 0 Å². The van der Waals surface area contributed by atoms with Gasteiger partial charge in [0.15, 0.2) is 0 Å². The Bertz CT molecular complexity index is 521. The van der Waals surface area contributed by atoms with Gasteiger partial charge in [0, 0.05) is 13.1 Å². The highest BCUT2D eigenvalue weighted by molar-refractivity contribution is 5.22. The second-order valence-corrected chi connectivity index (χ2v) is 5.78. The zero-order chi connectivity index (χ0) is 15.6. The van der Waals surface area contributed by atoms with Gasteiger partial charge in [0.25, 0.3) is 0 Å². The molecule has 0 saturated carbocycles. The number of ether oxygens (including phenoxy) is 1. The van der Waals surface area contributed by atoms with Crippen LogP contribution in [-0.4, -0.2) is 24.6 Å². The molecule has 0 saturated heterocycles. The predicted molar refractivity (Wildman–Crippen MR) is 93.3 cm³/mol. The smallest absolute Gasteiger partial charge is 0.119 e.